The molecule has 0 saturated carbocycles. The summed E-state index contributed by atoms with van der Waals surface area (Å²) in [6, 6.07) is 15.8. The normalized spacial score (nSPS) is 11.1. The molecule has 9 heteroatoms. The molecule has 0 aliphatic carbocycles. The van der Waals surface area contributed by atoms with Crippen LogP contribution in [0.1, 0.15) is 20.9 Å². The van der Waals surface area contributed by atoms with E-state index >= 15 is 0 Å². The van der Waals surface area contributed by atoms with Gasteiger partial charge in [0.1, 0.15) is 5.69 Å². The van der Waals surface area contributed by atoms with Gasteiger partial charge >= 0.3 is 5.97 Å². The van der Waals surface area contributed by atoms with Gasteiger partial charge in [0.2, 0.25) is 11.6 Å². The van der Waals surface area contributed by atoms with E-state index in [-0.39, 0.29) is 17.6 Å². The Balaban J connectivity index is 1.42. The minimum absolute atomic E-state index is 0.00676. The first-order valence-electron chi connectivity index (χ1n) is 9.05. The summed E-state index contributed by atoms with van der Waals surface area (Å²) in [6.45, 7) is 0. The van der Waals surface area contributed by atoms with Crippen molar-refractivity contribution in [3.05, 3.63) is 65.9 Å². The van der Waals surface area contributed by atoms with Crippen LogP contribution in [0.25, 0.3) is 33.5 Å². The fourth-order valence-corrected chi connectivity index (χ4v) is 3.21. The lowest BCUT2D eigenvalue weighted by molar-refractivity contribution is 0.0565. The number of aromatic amines is 2. The van der Waals surface area contributed by atoms with Crippen molar-refractivity contribution >= 4 is 39.7 Å². The van der Waals surface area contributed by atoms with Crippen LogP contribution in [0.2, 0.25) is 0 Å². The number of carbonyl (C=O) groups is 2. The molecule has 2 aromatic carbocycles. The first kappa shape index (κ1) is 17.7. The van der Waals surface area contributed by atoms with E-state index in [1.165, 1.54) is 19.2 Å². The summed E-state index contributed by atoms with van der Waals surface area (Å²) >= 11 is 0. The van der Waals surface area contributed by atoms with Crippen LogP contribution in [-0.4, -0.2) is 39.2 Å². The molecular formula is C21H15N5O4. The molecule has 0 spiro atoms. The maximum Gasteiger partial charge on any atom is 0.374 e. The van der Waals surface area contributed by atoms with Crippen molar-refractivity contribution in [2.75, 3.05) is 12.4 Å². The molecule has 3 N–H and O–H groups in total. The van der Waals surface area contributed by atoms with Crippen molar-refractivity contribution in [3.8, 4) is 11.5 Å². The van der Waals surface area contributed by atoms with Gasteiger partial charge in [-0.25, -0.2) is 9.78 Å². The van der Waals surface area contributed by atoms with Gasteiger partial charge in [-0.05, 0) is 36.4 Å². The number of ether oxygens (including phenoxy) is 1. The lowest BCUT2D eigenvalue weighted by atomic mass is 10.1. The number of H-pyrrole nitrogens is 2. The van der Waals surface area contributed by atoms with Crippen LogP contribution in [0, 0.1) is 0 Å². The number of esters is 1. The smallest absolute Gasteiger partial charge is 0.374 e. The Morgan fingerprint density at radius 2 is 1.93 bits per heavy atom. The molecule has 0 atom stereocenters. The first-order valence-corrected chi connectivity index (χ1v) is 9.05. The number of hydrogen-bond donors (Lipinski definition) is 3. The van der Waals surface area contributed by atoms with E-state index in [1.807, 2.05) is 24.3 Å². The highest BCUT2D eigenvalue weighted by Gasteiger charge is 2.16. The van der Waals surface area contributed by atoms with E-state index in [4.69, 9.17) is 4.42 Å². The number of fused-ring (bicyclic) bond motifs is 2. The quantitative estimate of drug-likeness (QED) is 0.394. The summed E-state index contributed by atoms with van der Waals surface area (Å²) in [5, 5.41) is 10.7. The van der Waals surface area contributed by atoms with E-state index < -0.39 is 5.97 Å². The molecule has 1 amide bonds. The first-order chi connectivity index (χ1) is 14.6. The molecule has 9 nitrogen and oxygen atoms in total. The van der Waals surface area contributed by atoms with Gasteiger partial charge in [-0.15, -0.1) is 0 Å². The minimum atomic E-state index is -0.618. The van der Waals surface area contributed by atoms with Gasteiger partial charge in [-0.1, -0.05) is 12.1 Å². The Bertz CT molecular complexity index is 1380. The molecule has 5 rings (SSSR count). The van der Waals surface area contributed by atoms with Gasteiger partial charge in [-0.2, -0.15) is 5.10 Å². The predicted octanol–water partition coefficient (Wildman–Crippen LogP) is 3.74. The lowest BCUT2D eigenvalue weighted by Gasteiger charge is -2.02. The largest absolute Gasteiger partial charge is 0.463 e. The Kier molecular flexibility index (Phi) is 4.06. The van der Waals surface area contributed by atoms with Gasteiger partial charge in [0.15, 0.2) is 5.82 Å². The third-order valence-corrected chi connectivity index (χ3v) is 4.67. The molecule has 5 aromatic rings. The standard InChI is InChI=1S/C21H15N5O4/c1-29-21(28)16-8-9-17(30-16)24-20(27)11-6-7-12-15(10-11)25-26-18(12)19-22-13-4-2-3-5-14(13)23-19/h2-10H,1H3,(H,22,23)(H,24,27)(H,25,26). The zero-order valence-corrected chi connectivity index (χ0v) is 15.7. The molecular weight excluding hydrogens is 386 g/mol. The summed E-state index contributed by atoms with van der Waals surface area (Å²) in [6.07, 6.45) is 0. The number of imidazole rings is 1. The van der Waals surface area contributed by atoms with E-state index in [9.17, 15) is 9.59 Å². The van der Waals surface area contributed by atoms with Crippen LogP contribution in [0.15, 0.2) is 59.0 Å². The third kappa shape index (κ3) is 2.98. The molecule has 0 radical (unpaired) electrons. The van der Waals surface area contributed by atoms with E-state index in [2.05, 4.69) is 30.2 Å². The number of carbonyl (C=O) groups excluding carboxylic acids is 2. The SMILES string of the molecule is COC(=O)c1ccc(NC(=O)c2ccc3c(-c4nc5ccccc5[nH]4)n[nH]c3c2)o1. The zero-order valence-electron chi connectivity index (χ0n) is 15.7. The molecule has 0 unspecified atom stereocenters. The number of rotatable bonds is 4. The maximum atomic E-state index is 12.6. The summed E-state index contributed by atoms with van der Waals surface area (Å²) in [5.74, 6) is -0.207. The summed E-state index contributed by atoms with van der Waals surface area (Å²) < 4.78 is 9.85. The molecule has 0 fully saturated rings. The molecule has 0 bridgehead atoms. The number of anilines is 1. The van der Waals surface area contributed by atoms with E-state index in [0.717, 1.165) is 16.4 Å². The lowest BCUT2D eigenvalue weighted by Crippen LogP contribution is -2.11. The number of hydrogen-bond acceptors (Lipinski definition) is 6. The molecule has 148 valence electrons. The molecule has 30 heavy (non-hydrogen) atoms. The number of amides is 1. The van der Waals surface area contributed by atoms with Crippen molar-refractivity contribution < 1.29 is 18.7 Å². The highest BCUT2D eigenvalue weighted by Crippen LogP contribution is 2.27. The van der Waals surface area contributed by atoms with Crippen LogP contribution < -0.4 is 5.32 Å². The van der Waals surface area contributed by atoms with Crippen LogP contribution in [0.3, 0.4) is 0 Å². The number of nitrogens with one attached hydrogen (secondary N) is 3. The number of methoxy groups -OCH3 is 1. The second-order valence-electron chi connectivity index (χ2n) is 6.54. The second-order valence-corrected chi connectivity index (χ2v) is 6.54. The van der Waals surface area contributed by atoms with Crippen molar-refractivity contribution in [2.45, 2.75) is 0 Å². The monoisotopic (exact) mass is 401 g/mol. The maximum absolute atomic E-state index is 12.6. The number of furan rings is 1. The van der Waals surface area contributed by atoms with Gasteiger partial charge in [0.05, 0.1) is 23.7 Å². The Hall–Kier alpha value is -4.40. The molecule has 0 aliphatic heterocycles. The third-order valence-electron chi connectivity index (χ3n) is 4.67. The van der Waals surface area contributed by atoms with Gasteiger partial charge < -0.3 is 14.1 Å². The van der Waals surface area contributed by atoms with Gasteiger partial charge in [-0.3, -0.25) is 15.2 Å². The van der Waals surface area contributed by atoms with Crippen LogP contribution in [0.5, 0.6) is 0 Å². The van der Waals surface area contributed by atoms with E-state index in [1.54, 1.807) is 18.2 Å². The number of para-hydroxylation sites is 2. The average molecular weight is 401 g/mol. The number of benzene rings is 2. The molecule has 0 aliphatic rings. The predicted molar refractivity (Wildman–Crippen MR) is 109 cm³/mol. The van der Waals surface area contributed by atoms with Crippen molar-refractivity contribution in [3.63, 3.8) is 0 Å². The van der Waals surface area contributed by atoms with E-state index in [0.29, 0.717) is 22.6 Å². The highest BCUT2D eigenvalue weighted by atomic mass is 16.5. The molecule has 3 aromatic heterocycles. The fourth-order valence-electron chi connectivity index (χ4n) is 3.21. The topological polar surface area (TPSA) is 126 Å². The fraction of sp³-hybridized carbons (Fsp3) is 0.0476. The minimum Gasteiger partial charge on any atom is -0.463 e. The summed E-state index contributed by atoms with van der Waals surface area (Å²) in [4.78, 5) is 31.8. The summed E-state index contributed by atoms with van der Waals surface area (Å²) in [5.41, 5.74) is 3.53. The van der Waals surface area contributed by atoms with Crippen molar-refractivity contribution in [2.24, 2.45) is 0 Å². The molecule has 3 heterocycles. The Morgan fingerprint density at radius 3 is 2.77 bits per heavy atom. The second kappa shape index (κ2) is 6.89. The number of nitrogens with zero attached hydrogens (tertiary/aromatic N) is 2. The van der Waals surface area contributed by atoms with Crippen LogP contribution in [-0.2, 0) is 4.74 Å². The van der Waals surface area contributed by atoms with Gasteiger partial charge in [0.25, 0.3) is 5.91 Å². The summed E-state index contributed by atoms with van der Waals surface area (Å²) in [7, 11) is 1.25. The van der Waals surface area contributed by atoms with Crippen LogP contribution in [0.4, 0.5) is 5.88 Å². The Labute approximate surface area is 169 Å². The highest BCUT2D eigenvalue weighted by molar-refractivity contribution is 6.06. The number of aromatic nitrogens is 4. The van der Waals surface area contributed by atoms with Gasteiger partial charge in [0, 0.05) is 17.0 Å². The van der Waals surface area contributed by atoms with Crippen molar-refractivity contribution in [1.29, 1.82) is 0 Å². The van der Waals surface area contributed by atoms with Crippen LogP contribution >= 0.6 is 0 Å². The Morgan fingerprint density at radius 1 is 1.07 bits per heavy atom. The average Bonchev–Trinajstić information content (AvgIpc) is 3.49. The molecule has 0 saturated heterocycles. The zero-order chi connectivity index (χ0) is 20.7. The van der Waals surface area contributed by atoms with Crippen molar-refractivity contribution in [1.82, 2.24) is 20.2 Å².